The van der Waals surface area contributed by atoms with E-state index in [9.17, 15) is 14.9 Å². The molecule has 27 heavy (non-hydrogen) atoms. The van der Waals surface area contributed by atoms with Gasteiger partial charge in [0.1, 0.15) is 16.7 Å². The first-order valence-corrected chi connectivity index (χ1v) is 9.44. The van der Waals surface area contributed by atoms with Gasteiger partial charge in [-0.25, -0.2) is 0 Å². The van der Waals surface area contributed by atoms with E-state index in [0.29, 0.717) is 16.4 Å². The molecule has 0 spiro atoms. The van der Waals surface area contributed by atoms with Gasteiger partial charge in [-0.05, 0) is 61.7 Å². The molecule has 0 atom stereocenters. The van der Waals surface area contributed by atoms with Gasteiger partial charge in [0.05, 0.1) is 5.75 Å². The van der Waals surface area contributed by atoms with Gasteiger partial charge >= 0.3 is 0 Å². The number of nitriles is 1. The van der Waals surface area contributed by atoms with Gasteiger partial charge < -0.3 is 5.32 Å². The average Bonchev–Trinajstić information content (AvgIpc) is 2.99. The highest BCUT2D eigenvalue weighted by molar-refractivity contribution is 8.04. The molecule has 1 heterocycles. The molecule has 2 amide bonds. The second-order valence-electron chi connectivity index (χ2n) is 6.40. The molecule has 136 valence electrons. The molecule has 1 saturated heterocycles. The van der Waals surface area contributed by atoms with E-state index in [0.717, 1.165) is 16.7 Å². The maximum atomic E-state index is 12.7. The predicted molar refractivity (Wildman–Crippen MR) is 108 cm³/mol. The number of nitrogens with zero attached hydrogens (tertiary/aromatic N) is 2. The summed E-state index contributed by atoms with van der Waals surface area (Å²) in [6.07, 6.45) is 0. The van der Waals surface area contributed by atoms with Crippen LogP contribution in [0.15, 0.2) is 53.1 Å². The largest absolute Gasteiger partial charge is 0.321 e. The zero-order chi connectivity index (χ0) is 19.6. The number of amides is 2. The van der Waals surface area contributed by atoms with E-state index in [2.05, 4.69) is 5.32 Å². The number of rotatable bonds is 3. The maximum absolute atomic E-state index is 12.7. The Bertz CT molecular complexity index is 1000. The van der Waals surface area contributed by atoms with Gasteiger partial charge in [-0.15, -0.1) is 0 Å². The van der Waals surface area contributed by atoms with Gasteiger partial charge in [-0.3, -0.25) is 14.5 Å². The van der Waals surface area contributed by atoms with Crippen LogP contribution in [0.4, 0.5) is 11.4 Å². The van der Waals surface area contributed by atoms with Crippen molar-refractivity contribution in [2.24, 2.45) is 0 Å². The fourth-order valence-electron chi connectivity index (χ4n) is 2.79. The van der Waals surface area contributed by atoms with Gasteiger partial charge in [0.15, 0.2) is 0 Å². The Morgan fingerprint density at radius 1 is 1.15 bits per heavy atom. The lowest BCUT2D eigenvalue weighted by Gasteiger charge is -2.19. The molecule has 0 unspecified atom stereocenters. The molecular weight excluding hydrogens is 358 g/mol. The maximum Gasteiger partial charge on any atom is 0.269 e. The minimum Gasteiger partial charge on any atom is -0.321 e. The second kappa shape index (κ2) is 7.68. The van der Waals surface area contributed by atoms with Crippen molar-refractivity contribution in [3.05, 3.63) is 69.8 Å². The van der Waals surface area contributed by atoms with Gasteiger partial charge in [0, 0.05) is 11.4 Å². The molecule has 0 aromatic heterocycles. The lowest BCUT2D eigenvalue weighted by atomic mass is 10.1. The molecule has 0 aliphatic carbocycles. The third kappa shape index (κ3) is 3.88. The Balaban J connectivity index is 1.98. The van der Waals surface area contributed by atoms with Crippen LogP contribution in [0.25, 0.3) is 0 Å². The highest BCUT2D eigenvalue weighted by Crippen LogP contribution is 2.37. The predicted octanol–water partition coefficient (Wildman–Crippen LogP) is 4.07. The number of aryl methyl sites for hydroxylation is 3. The van der Waals surface area contributed by atoms with E-state index in [1.165, 1.54) is 16.7 Å². The Labute approximate surface area is 162 Å². The zero-order valence-corrected chi connectivity index (χ0v) is 16.2. The number of hydrogen-bond donors (Lipinski definition) is 1. The number of anilines is 2. The van der Waals surface area contributed by atoms with Crippen LogP contribution in [0.2, 0.25) is 0 Å². The van der Waals surface area contributed by atoms with E-state index >= 15 is 0 Å². The van der Waals surface area contributed by atoms with E-state index in [4.69, 9.17) is 0 Å². The third-order valence-electron chi connectivity index (χ3n) is 4.36. The summed E-state index contributed by atoms with van der Waals surface area (Å²) in [6, 6.07) is 15.0. The van der Waals surface area contributed by atoms with Crippen molar-refractivity contribution in [3.63, 3.8) is 0 Å². The number of benzene rings is 2. The molecule has 2 aromatic rings. The van der Waals surface area contributed by atoms with E-state index in [1.54, 1.807) is 6.07 Å². The first kappa shape index (κ1) is 18.7. The molecular formula is C21H19N3O2S. The van der Waals surface area contributed by atoms with Crippen molar-refractivity contribution in [2.75, 3.05) is 16.0 Å². The lowest BCUT2D eigenvalue weighted by molar-refractivity contribution is -0.115. The summed E-state index contributed by atoms with van der Waals surface area (Å²) in [5.74, 6) is -0.464. The molecule has 5 nitrogen and oxygen atoms in total. The molecule has 1 aliphatic heterocycles. The van der Waals surface area contributed by atoms with Crippen LogP contribution in [0.3, 0.4) is 0 Å². The lowest BCUT2D eigenvalue weighted by Crippen LogP contribution is -2.27. The van der Waals surface area contributed by atoms with Gasteiger partial charge in [0.25, 0.3) is 5.91 Å². The van der Waals surface area contributed by atoms with E-state index < -0.39 is 5.91 Å². The molecule has 1 fully saturated rings. The molecule has 1 aliphatic rings. The molecule has 3 rings (SSSR count). The number of hydrogen-bond acceptors (Lipinski definition) is 4. The van der Waals surface area contributed by atoms with Crippen molar-refractivity contribution >= 4 is 35.0 Å². The van der Waals surface area contributed by atoms with Crippen molar-refractivity contribution in [1.29, 1.82) is 5.26 Å². The highest BCUT2D eigenvalue weighted by Gasteiger charge is 2.33. The summed E-state index contributed by atoms with van der Waals surface area (Å²) in [6.45, 7) is 5.88. The second-order valence-corrected chi connectivity index (χ2v) is 7.37. The molecule has 0 saturated carbocycles. The van der Waals surface area contributed by atoms with Crippen LogP contribution in [0.1, 0.15) is 16.7 Å². The topological polar surface area (TPSA) is 73.2 Å². The van der Waals surface area contributed by atoms with Gasteiger partial charge in [-0.2, -0.15) is 5.26 Å². The first-order chi connectivity index (χ1) is 12.9. The van der Waals surface area contributed by atoms with Crippen LogP contribution >= 0.6 is 11.8 Å². The van der Waals surface area contributed by atoms with Gasteiger partial charge in [0.2, 0.25) is 5.91 Å². The van der Waals surface area contributed by atoms with E-state index in [1.807, 2.05) is 63.2 Å². The number of nitrogens with one attached hydrogen (secondary N) is 1. The normalized spacial score (nSPS) is 15.5. The van der Waals surface area contributed by atoms with E-state index in [-0.39, 0.29) is 17.2 Å². The van der Waals surface area contributed by atoms with Crippen LogP contribution in [-0.2, 0) is 9.59 Å². The Morgan fingerprint density at radius 3 is 2.59 bits per heavy atom. The summed E-state index contributed by atoms with van der Waals surface area (Å²) < 4.78 is 0. The summed E-state index contributed by atoms with van der Waals surface area (Å²) in [5.41, 5.74) is 4.37. The standard InChI is InChI=1S/C21H19N3O2S/c1-13-5-4-6-16(9-13)23-20(26)18(11-22)21-24(19(25)12-27-21)17-8-7-14(2)15(3)10-17/h4-10H,12H2,1-3H3,(H,23,26)/b21-18-. The number of thioether (sulfide) groups is 1. The van der Waals surface area contributed by atoms with Crippen molar-refractivity contribution in [1.82, 2.24) is 0 Å². The van der Waals surface area contributed by atoms with Gasteiger partial charge in [-0.1, -0.05) is 30.0 Å². The summed E-state index contributed by atoms with van der Waals surface area (Å²) in [4.78, 5) is 26.6. The Morgan fingerprint density at radius 2 is 1.93 bits per heavy atom. The fraction of sp³-hybridized carbons (Fsp3) is 0.190. The van der Waals surface area contributed by atoms with Crippen LogP contribution in [-0.4, -0.2) is 17.6 Å². The number of carbonyl (C=O) groups is 2. The quantitative estimate of drug-likeness (QED) is 0.646. The molecule has 6 heteroatoms. The molecule has 1 N–H and O–H groups in total. The smallest absolute Gasteiger partial charge is 0.269 e. The monoisotopic (exact) mass is 377 g/mol. The number of carbonyl (C=O) groups excluding carboxylic acids is 2. The molecule has 2 aromatic carbocycles. The van der Waals surface area contributed by atoms with Crippen molar-refractivity contribution < 1.29 is 9.59 Å². The minimum absolute atomic E-state index is 0.0643. The fourth-order valence-corrected chi connectivity index (χ4v) is 3.80. The minimum atomic E-state index is -0.519. The Kier molecular flexibility index (Phi) is 5.33. The average molecular weight is 377 g/mol. The highest BCUT2D eigenvalue weighted by atomic mass is 32.2. The molecule has 0 bridgehead atoms. The Hall–Kier alpha value is -3.04. The zero-order valence-electron chi connectivity index (χ0n) is 15.4. The van der Waals surface area contributed by atoms with Crippen molar-refractivity contribution in [2.45, 2.75) is 20.8 Å². The first-order valence-electron chi connectivity index (χ1n) is 8.46. The van der Waals surface area contributed by atoms with Crippen LogP contribution in [0, 0.1) is 32.1 Å². The summed E-state index contributed by atoms with van der Waals surface area (Å²) in [5, 5.41) is 12.7. The summed E-state index contributed by atoms with van der Waals surface area (Å²) in [7, 11) is 0. The summed E-state index contributed by atoms with van der Waals surface area (Å²) >= 11 is 1.21. The SMILES string of the molecule is Cc1cccc(NC(=O)/C(C#N)=C2\SCC(=O)N2c2ccc(C)c(C)c2)c1. The van der Waals surface area contributed by atoms with Crippen molar-refractivity contribution in [3.8, 4) is 6.07 Å². The molecule has 0 radical (unpaired) electrons. The van der Waals surface area contributed by atoms with Crippen LogP contribution in [0.5, 0.6) is 0 Å². The van der Waals surface area contributed by atoms with Crippen LogP contribution < -0.4 is 10.2 Å². The third-order valence-corrected chi connectivity index (χ3v) is 5.41.